The highest BCUT2D eigenvalue weighted by atomic mass is 16.3. The van der Waals surface area contributed by atoms with Gasteiger partial charge in [-0.3, -0.25) is 4.79 Å². The second-order valence-corrected chi connectivity index (χ2v) is 5.31. The van der Waals surface area contributed by atoms with Crippen LogP contribution >= 0.6 is 0 Å². The molecule has 2 rings (SSSR count). The van der Waals surface area contributed by atoms with Gasteiger partial charge in [-0.05, 0) is 30.7 Å². The van der Waals surface area contributed by atoms with Gasteiger partial charge < -0.3 is 20.5 Å². The Kier molecular flexibility index (Phi) is 4.59. The maximum Gasteiger partial charge on any atom is 0.251 e. The van der Waals surface area contributed by atoms with Crippen molar-refractivity contribution in [3.05, 3.63) is 40.3 Å². The van der Waals surface area contributed by atoms with Crippen molar-refractivity contribution in [2.45, 2.75) is 20.4 Å². The van der Waals surface area contributed by atoms with Gasteiger partial charge in [0.05, 0.1) is 5.69 Å². The molecule has 0 radical (unpaired) electrons. The minimum Gasteiger partial charge on any atom is -0.504 e. The van der Waals surface area contributed by atoms with Gasteiger partial charge in [0.25, 0.3) is 5.56 Å². The van der Waals surface area contributed by atoms with Crippen LogP contribution in [-0.4, -0.2) is 26.7 Å². The summed E-state index contributed by atoms with van der Waals surface area (Å²) >= 11 is 0. The van der Waals surface area contributed by atoms with Gasteiger partial charge in [-0.25, -0.2) is 4.98 Å². The van der Waals surface area contributed by atoms with E-state index in [4.69, 9.17) is 0 Å². The number of hydrogen-bond acceptors (Lipinski definition) is 5. The van der Waals surface area contributed by atoms with Gasteiger partial charge in [-0.2, -0.15) is 0 Å². The third-order valence-corrected chi connectivity index (χ3v) is 2.90. The van der Waals surface area contributed by atoms with Crippen molar-refractivity contribution in [1.82, 2.24) is 15.3 Å². The van der Waals surface area contributed by atoms with Crippen LogP contribution in [0.1, 0.15) is 19.5 Å². The lowest BCUT2D eigenvalue weighted by Gasteiger charge is -2.08. The number of H-pyrrole nitrogens is 1. The number of rotatable bonds is 5. The highest BCUT2D eigenvalue weighted by molar-refractivity contribution is 5.60. The number of phenolic OH excluding ortho intramolecular Hbond substituents is 2. The third-order valence-electron chi connectivity index (χ3n) is 2.90. The molecule has 0 amide bonds. The summed E-state index contributed by atoms with van der Waals surface area (Å²) in [6.45, 7) is 5.54. The van der Waals surface area contributed by atoms with Gasteiger partial charge in [0, 0.05) is 18.2 Å². The fourth-order valence-electron chi connectivity index (χ4n) is 1.89. The van der Waals surface area contributed by atoms with E-state index in [1.807, 2.05) is 0 Å². The molecule has 0 atom stereocenters. The molecule has 1 aromatic heterocycles. The van der Waals surface area contributed by atoms with Crippen LogP contribution in [0.3, 0.4) is 0 Å². The zero-order chi connectivity index (χ0) is 15.4. The molecule has 0 unspecified atom stereocenters. The van der Waals surface area contributed by atoms with Gasteiger partial charge >= 0.3 is 0 Å². The van der Waals surface area contributed by atoms with E-state index < -0.39 is 0 Å². The van der Waals surface area contributed by atoms with E-state index in [-0.39, 0.29) is 17.1 Å². The highest BCUT2D eigenvalue weighted by Gasteiger charge is 2.07. The number of nitrogens with one attached hydrogen (secondary N) is 2. The molecule has 0 aliphatic heterocycles. The van der Waals surface area contributed by atoms with Gasteiger partial charge in [0.15, 0.2) is 11.5 Å². The molecule has 0 saturated heterocycles. The van der Waals surface area contributed by atoms with E-state index >= 15 is 0 Å². The molecule has 0 saturated carbocycles. The van der Waals surface area contributed by atoms with E-state index in [0.717, 1.165) is 6.54 Å². The summed E-state index contributed by atoms with van der Waals surface area (Å²) in [6, 6.07) is 5.74. The van der Waals surface area contributed by atoms with Gasteiger partial charge in [-0.15, -0.1) is 0 Å². The molecule has 2 aromatic rings. The number of benzene rings is 1. The summed E-state index contributed by atoms with van der Waals surface area (Å²) in [4.78, 5) is 18.7. The number of aromatic hydroxyl groups is 2. The Bertz CT molecular complexity index is 680. The van der Waals surface area contributed by atoms with Crippen LogP contribution in [0.4, 0.5) is 0 Å². The normalized spacial score (nSPS) is 11.0. The van der Waals surface area contributed by atoms with Crippen LogP contribution < -0.4 is 10.9 Å². The van der Waals surface area contributed by atoms with Crippen LogP contribution in [0.15, 0.2) is 29.1 Å². The van der Waals surface area contributed by atoms with Gasteiger partial charge in [0.2, 0.25) is 0 Å². The molecule has 0 bridgehead atoms. The van der Waals surface area contributed by atoms with Crippen molar-refractivity contribution in [3.63, 3.8) is 0 Å². The van der Waals surface area contributed by atoms with Crippen LogP contribution in [-0.2, 0) is 6.54 Å². The molecule has 0 fully saturated rings. The maximum atomic E-state index is 11.7. The molecule has 0 aliphatic carbocycles. The van der Waals surface area contributed by atoms with E-state index in [9.17, 15) is 15.0 Å². The van der Waals surface area contributed by atoms with Crippen LogP contribution in [0.25, 0.3) is 11.4 Å². The first-order valence-corrected chi connectivity index (χ1v) is 6.79. The monoisotopic (exact) mass is 289 g/mol. The van der Waals surface area contributed by atoms with Crippen molar-refractivity contribution in [3.8, 4) is 22.9 Å². The largest absolute Gasteiger partial charge is 0.504 e. The average Bonchev–Trinajstić information content (AvgIpc) is 2.41. The Morgan fingerprint density at radius 1 is 1.24 bits per heavy atom. The standard InChI is InChI=1S/C15H19N3O3/c1-9(2)7-16-8-11-6-14(21)18-15(17-11)10-3-4-12(19)13(20)5-10/h3-6,9,16,19-20H,7-8H2,1-2H3,(H,17,18,21). The number of nitrogens with zero attached hydrogens (tertiary/aromatic N) is 1. The summed E-state index contributed by atoms with van der Waals surface area (Å²) < 4.78 is 0. The lowest BCUT2D eigenvalue weighted by molar-refractivity contribution is 0.404. The molecule has 1 aromatic carbocycles. The predicted octanol–water partition coefficient (Wildman–Crippen LogP) is 1.59. The zero-order valence-corrected chi connectivity index (χ0v) is 12.1. The van der Waals surface area contributed by atoms with Gasteiger partial charge in [-0.1, -0.05) is 13.8 Å². The molecule has 1 heterocycles. The molecule has 0 spiro atoms. The summed E-state index contributed by atoms with van der Waals surface area (Å²) in [5.74, 6) is 0.411. The van der Waals surface area contributed by atoms with Crippen molar-refractivity contribution in [2.75, 3.05) is 6.54 Å². The smallest absolute Gasteiger partial charge is 0.251 e. The Morgan fingerprint density at radius 3 is 2.67 bits per heavy atom. The van der Waals surface area contributed by atoms with Crippen LogP contribution in [0.5, 0.6) is 11.5 Å². The molecular formula is C15H19N3O3. The first-order valence-electron chi connectivity index (χ1n) is 6.79. The zero-order valence-electron chi connectivity index (χ0n) is 12.1. The molecule has 0 aliphatic rings. The molecular weight excluding hydrogens is 270 g/mol. The predicted molar refractivity (Wildman–Crippen MR) is 80.2 cm³/mol. The van der Waals surface area contributed by atoms with Crippen molar-refractivity contribution in [2.24, 2.45) is 5.92 Å². The quantitative estimate of drug-likeness (QED) is 0.627. The molecule has 4 N–H and O–H groups in total. The third kappa shape index (κ3) is 4.06. The second kappa shape index (κ2) is 6.41. The van der Waals surface area contributed by atoms with E-state index in [1.165, 1.54) is 18.2 Å². The minimum absolute atomic E-state index is 0.212. The SMILES string of the molecule is CC(C)CNCc1cc(=O)[nH]c(-c2ccc(O)c(O)c2)n1. The summed E-state index contributed by atoms with van der Waals surface area (Å²) in [7, 11) is 0. The van der Waals surface area contributed by atoms with E-state index in [2.05, 4.69) is 29.1 Å². The Morgan fingerprint density at radius 2 is 2.00 bits per heavy atom. The number of aromatic nitrogens is 2. The molecule has 21 heavy (non-hydrogen) atoms. The summed E-state index contributed by atoms with van der Waals surface area (Å²) in [5.41, 5.74) is 0.906. The first kappa shape index (κ1) is 15.1. The van der Waals surface area contributed by atoms with Crippen molar-refractivity contribution in [1.29, 1.82) is 0 Å². The fraction of sp³-hybridized carbons (Fsp3) is 0.333. The molecule has 6 nitrogen and oxygen atoms in total. The summed E-state index contributed by atoms with van der Waals surface area (Å²) in [5, 5.41) is 22.1. The maximum absolute atomic E-state index is 11.7. The van der Waals surface area contributed by atoms with Crippen molar-refractivity contribution >= 4 is 0 Å². The number of aromatic amines is 1. The molecule has 6 heteroatoms. The second-order valence-electron chi connectivity index (χ2n) is 5.31. The fourth-order valence-corrected chi connectivity index (χ4v) is 1.89. The number of hydrogen-bond donors (Lipinski definition) is 4. The van der Waals surface area contributed by atoms with E-state index in [1.54, 1.807) is 6.07 Å². The van der Waals surface area contributed by atoms with Gasteiger partial charge in [0.1, 0.15) is 5.82 Å². The molecule has 112 valence electrons. The first-order chi connectivity index (χ1) is 9.95. The number of phenols is 2. The Balaban J connectivity index is 2.25. The van der Waals surface area contributed by atoms with Crippen LogP contribution in [0, 0.1) is 5.92 Å². The lowest BCUT2D eigenvalue weighted by atomic mass is 10.2. The van der Waals surface area contributed by atoms with Crippen LogP contribution in [0.2, 0.25) is 0 Å². The van der Waals surface area contributed by atoms with Crippen molar-refractivity contribution < 1.29 is 10.2 Å². The Hall–Kier alpha value is -2.34. The van der Waals surface area contributed by atoms with E-state index in [0.29, 0.717) is 29.5 Å². The summed E-state index contributed by atoms with van der Waals surface area (Å²) in [6.07, 6.45) is 0. The highest BCUT2D eigenvalue weighted by Crippen LogP contribution is 2.28. The lowest BCUT2D eigenvalue weighted by Crippen LogP contribution is -2.21. The minimum atomic E-state index is -0.256. The topological polar surface area (TPSA) is 98.2 Å². The average molecular weight is 289 g/mol. The Labute approximate surface area is 122 Å².